The number of unbranched alkanes of at least 4 members (excludes halogenated alkanes) is 1. The molecule has 0 aliphatic rings. The lowest BCUT2D eigenvalue weighted by atomic mass is 10.0. The van der Waals surface area contributed by atoms with Crippen molar-refractivity contribution < 1.29 is 24.3 Å². The van der Waals surface area contributed by atoms with Gasteiger partial charge < -0.3 is 31.6 Å². The zero-order valence-electron chi connectivity index (χ0n) is 19.0. The summed E-state index contributed by atoms with van der Waals surface area (Å²) in [5.41, 5.74) is 6.80. The van der Waals surface area contributed by atoms with Gasteiger partial charge in [-0.05, 0) is 50.4 Å². The van der Waals surface area contributed by atoms with Gasteiger partial charge >= 0.3 is 0 Å². The molecule has 33 heavy (non-hydrogen) atoms. The van der Waals surface area contributed by atoms with Crippen molar-refractivity contribution in [3.05, 3.63) is 29.8 Å². The van der Waals surface area contributed by atoms with E-state index in [0.717, 1.165) is 5.56 Å². The molecule has 0 fully saturated rings. The number of hydrogen-bond donors (Lipinski definition) is 6. The topological polar surface area (TPSA) is 163 Å². The first kappa shape index (κ1) is 28.8. The molecule has 12 heteroatoms. The fourth-order valence-corrected chi connectivity index (χ4v) is 3.11. The van der Waals surface area contributed by atoms with E-state index in [1.165, 1.54) is 14.8 Å². The van der Waals surface area contributed by atoms with E-state index in [9.17, 15) is 24.3 Å². The number of halogens is 1. The summed E-state index contributed by atoms with van der Waals surface area (Å²) >= 11 is 3.08. The molecule has 7 N–H and O–H groups in total. The van der Waals surface area contributed by atoms with Crippen LogP contribution in [-0.2, 0) is 25.7 Å². The summed E-state index contributed by atoms with van der Waals surface area (Å²) in [6.07, 6.45) is 0.657. The van der Waals surface area contributed by atoms with E-state index in [1.54, 1.807) is 24.3 Å². The number of rotatable bonds is 15. The molecule has 0 heterocycles. The fourth-order valence-electron chi connectivity index (χ4n) is 2.97. The summed E-state index contributed by atoms with van der Waals surface area (Å²) < 4.78 is 0. The molecule has 10 nitrogen and oxygen atoms in total. The lowest BCUT2D eigenvalue weighted by Crippen LogP contribution is -2.56. The highest BCUT2D eigenvalue weighted by molar-refractivity contribution is 9.09. The van der Waals surface area contributed by atoms with Crippen LogP contribution < -0.4 is 27.0 Å². The minimum absolute atomic E-state index is 0.119. The summed E-state index contributed by atoms with van der Waals surface area (Å²) in [5, 5.41) is 21.2. The molecule has 0 saturated carbocycles. The van der Waals surface area contributed by atoms with Crippen molar-refractivity contribution in [2.45, 2.75) is 50.9 Å². The summed E-state index contributed by atoms with van der Waals surface area (Å²) in [4.78, 5) is 47.9. The third kappa shape index (κ3) is 11.4. The average Bonchev–Trinajstić information content (AvgIpc) is 2.77. The molecule has 1 rings (SSSR count). The van der Waals surface area contributed by atoms with Crippen molar-refractivity contribution in [1.29, 1.82) is 0 Å². The number of anilines is 1. The number of alkyl halides is 1. The van der Waals surface area contributed by atoms with Crippen LogP contribution in [0.4, 0.5) is 5.69 Å². The number of nitrogens with one attached hydrogen (secondary N) is 4. The fraction of sp³-hybridized carbons (Fsp3) is 0.524. The largest absolute Gasteiger partial charge is 0.391 e. The van der Waals surface area contributed by atoms with Gasteiger partial charge in [0.25, 0.3) is 0 Å². The van der Waals surface area contributed by atoms with Gasteiger partial charge in [0.05, 0.1) is 18.0 Å². The molecule has 3 atom stereocenters. The predicted octanol–water partition coefficient (Wildman–Crippen LogP) is -1.25. The van der Waals surface area contributed by atoms with Gasteiger partial charge in [-0.2, -0.15) is 0 Å². The number of carbonyl (C=O) groups is 4. The minimum Gasteiger partial charge on any atom is -0.391 e. The molecule has 1 aromatic rings. The van der Waals surface area contributed by atoms with Gasteiger partial charge in [0, 0.05) is 12.2 Å². The van der Waals surface area contributed by atoms with E-state index in [-0.39, 0.29) is 30.0 Å². The van der Waals surface area contributed by atoms with E-state index in [2.05, 4.69) is 37.2 Å². The average molecular weight is 526 g/mol. The second-order valence-corrected chi connectivity index (χ2v) is 8.30. The van der Waals surface area contributed by atoms with Crippen LogP contribution in [0.1, 0.15) is 31.7 Å². The number of aliphatic hydroxyl groups excluding tert-OH is 1. The number of amides is 3. The van der Waals surface area contributed by atoms with Crippen LogP contribution in [0.5, 0.6) is 0 Å². The van der Waals surface area contributed by atoms with Crippen molar-refractivity contribution in [1.82, 2.24) is 16.0 Å². The second kappa shape index (κ2) is 15.5. The van der Waals surface area contributed by atoms with E-state index in [4.69, 9.17) is 5.73 Å². The van der Waals surface area contributed by atoms with Crippen LogP contribution in [0.2, 0.25) is 0 Å². The molecule has 0 unspecified atom stereocenters. The molecule has 1 aromatic carbocycles. The zero-order valence-corrected chi connectivity index (χ0v) is 20.6. The molecule has 0 aromatic heterocycles. The van der Waals surface area contributed by atoms with Crippen molar-refractivity contribution in [2.75, 3.05) is 23.7 Å². The van der Waals surface area contributed by atoms with Gasteiger partial charge in [-0.25, -0.2) is 0 Å². The number of hydrogen-bond acceptors (Lipinski definition) is 7. The Morgan fingerprint density at radius 3 is 2.33 bits per heavy atom. The number of aliphatic hydroxyl groups is 1. The number of benzene rings is 1. The second-order valence-electron chi connectivity index (χ2n) is 7.74. The molecule has 0 saturated heterocycles. The summed E-state index contributed by atoms with van der Waals surface area (Å²) in [6.45, 7) is 2.11. The first-order valence-corrected chi connectivity index (χ1v) is 11.9. The maximum absolute atomic E-state index is 12.8. The third-order valence-corrected chi connectivity index (χ3v) is 5.25. The van der Waals surface area contributed by atoms with E-state index < -0.39 is 30.0 Å². The monoisotopic (exact) mass is 525 g/mol. The molecule has 3 amide bonds. The first-order chi connectivity index (χ1) is 15.7. The molecule has 0 spiro atoms. The Balaban J connectivity index is 2.76. The maximum atomic E-state index is 12.8. The summed E-state index contributed by atoms with van der Waals surface area (Å²) in [7, 11) is 1.36. The highest BCUT2D eigenvalue weighted by atomic mass is 79.9. The Bertz CT molecular complexity index is 794. The maximum Gasteiger partial charge on any atom is 0.242 e. The normalized spacial score (nSPS) is 13.5. The van der Waals surface area contributed by atoms with Gasteiger partial charge in [-0.3, -0.25) is 19.7 Å². The van der Waals surface area contributed by atoms with Crippen molar-refractivity contribution in [3.8, 4) is 0 Å². The quantitative estimate of drug-likeness (QED) is 0.0946. The van der Waals surface area contributed by atoms with Crippen molar-refractivity contribution in [3.63, 3.8) is 0 Å². The zero-order chi connectivity index (χ0) is 24.8. The number of nitrogens with two attached hydrogens (primary N) is 1. The Morgan fingerprint density at radius 2 is 1.79 bits per heavy atom. The summed E-state index contributed by atoms with van der Waals surface area (Å²) in [5.74, 6) is -1.15. The van der Waals surface area contributed by atoms with Crippen LogP contribution in [0.3, 0.4) is 0 Å². The van der Waals surface area contributed by atoms with Gasteiger partial charge in [0.1, 0.15) is 17.8 Å². The van der Waals surface area contributed by atoms with Crippen LogP contribution in [0.15, 0.2) is 24.3 Å². The van der Waals surface area contributed by atoms with Gasteiger partial charge in [0.2, 0.25) is 17.7 Å². The van der Waals surface area contributed by atoms with Crippen molar-refractivity contribution in [2.24, 2.45) is 5.73 Å². The predicted molar refractivity (Wildman–Crippen MR) is 133 cm³/mol. The lowest BCUT2D eigenvalue weighted by Gasteiger charge is -2.25. The van der Waals surface area contributed by atoms with Gasteiger partial charge in [-0.15, -0.1) is 0 Å². The first-order valence-electron chi connectivity index (χ1n) is 10.8. The Hall–Kier alpha value is -2.28. The molecular weight excluding hydrogens is 493 g/mol. The van der Waals surface area contributed by atoms with Crippen LogP contribution in [-0.4, -0.2) is 73.0 Å². The Labute approximate surface area is 203 Å². The van der Waals surface area contributed by atoms with Crippen LogP contribution >= 0.6 is 15.9 Å². The van der Waals surface area contributed by atoms with E-state index in [1.807, 2.05) is 0 Å². The highest BCUT2D eigenvalue weighted by Gasteiger charge is 2.28. The van der Waals surface area contributed by atoms with Crippen LogP contribution in [0.25, 0.3) is 0 Å². The van der Waals surface area contributed by atoms with E-state index in [0.29, 0.717) is 31.5 Å². The lowest BCUT2D eigenvalue weighted by molar-refractivity contribution is -0.132. The highest BCUT2D eigenvalue weighted by Crippen LogP contribution is 2.10. The molecule has 0 radical (unpaired) electrons. The molecular formula is C21H33BBrN5O5. The summed E-state index contributed by atoms with van der Waals surface area (Å²) in [6, 6.07) is 5.25. The van der Waals surface area contributed by atoms with E-state index >= 15 is 0 Å². The standard InChI is InChI=1S/C21H33BBrN5O5/c1-13(29)19(25-11-14-5-7-15(8-6-14)27-18(31)10-23)21(33)28-16(4-2-3-9-24)20(32)26-12-17(22)30/h5-8,13,16,19,25,29H,2-4,9-12,22,24H2,1H3,(H,26,32)(H,27,31)(H,28,33)/t13-,16+,19+/m1/s1. The van der Waals surface area contributed by atoms with Crippen molar-refractivity contribution >= 4 is 52.9 Å². The minimum atomic E-state index is -1.02. The van der Waals surface area contributed by atoms with Crippen LogP contribution in [0, 0.1) is 0 Å². The Kier molecular flexibility index (Phi) is 13.5. The Morgan fingerprint density at radius 1 is 1.12 bits per heavy atom. The smallest absolute Gasteiger partial charge is 0.242 e. The third-order valence-electron chi connectivity index (χ3n) is 4.74. The molecule has 182 valence electrons. The molecule has 0 bridgehead atoms. The SMILES string of the molecule is BC(=O)CNC(=O)[C@H](CCCCN)NC(=O)[C@@H](NCc1ccc(NC(=O)CBr)cc1)[C@@H](C)O. The molecule has 0 aliphatic carbocycles. The van der Waals surface area contributed by atoms with Gasteiger partial charge in [0.15, 0.2) is 7.85 Å². The molecule has 0 aliphatic heterocycles. The number of carbonyl (C=O) groups excluding carboxylic acids is 4. The van der Waals surface area contributed by atoms with Gasteiger partial charge in [-0.1, -0.05) is 28.1 Å².